The molecule has 0 bridgehead atoms. The van der Waals surface area contributed by atoms with Crippen LogP contribution in [0.2, 0.25) is 0 Å². The van der Waals surface area contributed by atoms with E-state index in [2.05, 4.69) is 5.10 Å². The Morgan fingerprint density at radius 2 is 1.76 bits per heavy atom. The minimum absolute atomic E-state index is 0.240. The van der Waals surface area contributed by atoms with E-state index in [1.807, 2.05) is 36.4 Å². The maximum absolute atomic E-state index is 13.8. The van der Waals surface area contributed by atoms with Gasteiger partial charge in [0.15, 0.2) is 0 Å². The molecule has 21 heavy (non-hydrogen) atoms. The van der Waals surface area contributed by atoms with E-state index in [4.69, 9.17) is 5.73 Å². The Balaban J connectivity index is 2.24. The second kappa shape index (κ2) is 5.05. The van der Waals surface area contributed by atoms with Crippen molar-refractivity contribution in [3.05, 3.63) is 59.9 Å². The van der Waals surface area contributed by atoms with Crippen LogP contribution < -0.4 is 5.73 Å². The van der Waals surface area contributed by atoms with E-state index in [-0.39, 0.29) is 5.82 Å². The van der Waals surface area contributed by atoms with Crippen LogP contribution in [0.1, 0.15) is 5.56 Å². The summed E-state index contributed by atoms with van der Waals surface area (Å²) in [6, 6.07) is 14.9. The molecular weight excluding hydrogens is 265 g/mol. The lowest BCUT2D eigenvalue weighted by molar-refractivity contribution is 0.619. The van der Waals surface area contributed by atoms with Crippen LogP contribution in [0, 0.1) is 12.7 Å². The lowest BCUT2D eigenvalue weighted by Crippen LogP contribution is -1.97. The minimum Gasteiger partial charge on any atom is -0.383 e. The molecular formula is C17H16FN3. The third-order valence-electron chi connectivity index (χ3n) is 3.60. The normalized spacial score (nSPS) is 10.8. The highest BCUT2D eigenvalue weighted by Gasteiger charge is 2.17. The number of aryl methyl sites for hydroxylation is 2. The van der Waals surface area contributed by atoms with Gasteiger partial charge in [0.1, 0.15) is 17.3 Å². The van der Waals surface area contributed by atoms with Crippen molar-refractivity contribution in [3.8, 4) is 22.4 Å². The molecule has 0 amide bonds. The fourth-order valence-corrected chi connectivity index (χ4v) is 2.37. The molecule has 0 unspecified atom stereocenters. The monoisotopic (exact) mass is 281 g/mol. The molecule has 0 aliphatic heterocycles. The van der Waals surface area contributed by atoms with E-state index in [9.17, 15) is 4.39 Å². The topological polar surface area (TPSA) is 43.8 Å². The smallest absolute Gasteiger partial charge is 0.129 e. The fourth-order valence-electron chi connectivity index (χ4n) is 2.37. The molecule has 1 heterocycles. The SMILES string of the molecule is Cc1ccc(-c2nn(C)c(N)c2-c2ccccc2)cc1F. The van der Waals surface area contributed by atoms with E-state index < -0.39 is 0 Å². The molecule has 2 N–H and O–H groups in total. The molecule has 3 aromatic rings. The predicted octanol–water partition coefficient (Wildman–Crippen LogP) is 3.78. The second-order valence-corrected chi connectivity index (χ2v) is 5.06. The molecule has 3 rings (SSSR count). The number of anilines is 1. The van der Waals surface area contributed by atoms with Gasteiger partial charge in [0.05, 0.1) is 5.56 Å². The predicted molar refractivity (Wildman–Crippen MR) is 83.2 cm³/mol. The number of benzene rings is 2. The summed E-state index contributed by atoms with van der Waals surface area (Å²) in [6.45, 7) is 1.74. The van der Waals surface area contributed by atoms with Crippen LogP contribution in [0.5, 0.6) is 0 Å². The van der Waals surface area contributed by atoms with Gasteiger partial charge in [-0.1, -0.05) is 42.5 Å². The summed E-state index contributed by atoms with van der Waals surface area (Å²) in [4.78, 5) is 0. The number of nitrogens with zero attached hydrogens (tertiary/aromatic N) is 2. The lowest BCUT2D eigenvalue weighted by atomic mass is 10.00. The number of rotatable bonds is 2. The average Bonchev–Trinajstić information content (AvgIpc) is 2.79. The van der Waals surface area contributed by atoms with Gasteiger partial charge in [-0.2, -0.15) is 5.10 Å². The second-order valence-electron chi connectivity index (χ2n) is 5.06. The standard InChI is InChI=1S/C17H16FN3/c1-11-8-9-13(10-14(11)18)16-15(17(19)21(2)20-16)12-6-4-3-5-7-12/h3-10H,19H2,1-2H3. The summed E-state index contributed by atoms with van der Waals surface area (Å²) >= 11 is 0. The molecule has 0 radical (unpaired) electrons. The molecule has 0 saturated heterocycles. The first kappa shape index (κ1) is 13.4. The zero-order chi connectivity index (χ0) is 15.0. The Hall–Kier alpha value is -2.62. The molecule has 106 valence electrons. The Kier molecular flexibility index (Phi) is 3.22. The molecule has 4 heteroatoms. The van der Waals surface area contributed by atoms with Crippen molar-refractivity contribution in [3.63, 3.8) is 0 Å². The Bertz CT molecular complexity index is 791. The third kappa shape index (κ3) is 2.29. The van der Waals surface area contributed by atoms with Gasteiger partial charge in [-0.25, -0.2) is 4.39 Å². The quantitative estimate of drug-likeness (QED) is 0.776. The van der Waals surface area contributed by atoms with Gasteiger partial charge in [0.25, 0.3) is 0 Å². The van der Waals surface area contributed by atoms with Crippen LogP contribution in [0.4, 0.5) is 10.2 Å². The molecule has 3 nitrogen and oxygen atoms in total. The van der Waals surface area contributed by atoms with Gasteiger partial charge in [0, 0.05) is 12.6 Å². The van der Waals surface area contributed by atoms with E-state index in [0.717, 1.165) is 16.7 Å². The highest BCUT2D eigenvalue weighted by molar-refractivity contribution is 5.88. The van der Waals surface area contributed by atoms with E-state index in [1.165, 1.54) is 6.07 Å². The van der Waals surface area contributed by atoms with Crippen molar-refractivity contribution in [2.24, 2.45) is 7.05 Å². The molecule has 0 atom stereocenters. The first-order valence-corrected chi connectivity index (χ1v) is 6.72. The molecule has 0 aliphatic rings. The highest BCUT2D eigenvalue weighted by atomic mass is 19.1. The van der Waals surface area contributed by atoms with Gasteiger partial charge < -0.3 is 5.73 Å². The zero-order valence-corrected chi connectivity index (χ0v) is 12.0. The number of aromatic nitrogens is 2. The molecule has 0 fully saturated rings. The molecule has 0 aliphatic carbocycles. The summed E-state index contributed by atoms with van der Waals surface area (Å²) in [6.07, 6.45) is 0. The number of halogens is 1. The molecule has 2 aromatic carbocycles. The van der Waals surface area contributed by atoms with Gasteiger partial charge in [-0.3, -0.25) is 4.68 Å². The number of nitrogens with two attached hydrogens (primary N) is 1. The molecule has 0 saturated carbocycles. The lowest BCUT2D eigenvalue weighted by Gasteiger charge is -2.05. The maximum atomic E-state index is 13.8. The fraction of sp³-hybridized carbons (Fsp3) is 0.118. The van der Waals surface area contributed by atoms with Crippen LogP contribution in [-0.2, 0) is 7.05 Å². The summed E-state index contributed by atoms with van der Waals surface area (Å²) in [5.41, 5.74) is 9.99. The van der Waals surface area contributed by atoms with Crippen molar-refractivity contribution in [1.29, 1.82) is 0 Å². The van der Waals surface area contributed by atoms with Gasteiger partial charge in [-0.05, 0) is 24.1 Å². The average molecular weight is 281 g/mol. The number of hydrogen-bond donors (Lipinski definition) is 1. The largest absolute Gasteiger partial charge is 0.383 e. The zero-order valence-electron chi connectivity index (χ0n) is 12.0. The van der Waals surface area contributed by atoms with Crippen LogP contribution in [0.25, 0.3) is 22.4 Å². The van der Waals surface area contributed by atoms with Crippen molar-refractivity contribution in [1.82, 2.24) is 9.78 Å². The summed E-state index contributed by atoms with van der Waals surface area (Å²) in [7, 11) is 1.79. The maximum Gasteiger partial charge on any atom is 0.129 e. The van der Waals surface area contributed by atoms with Crippen molar-refractivity contribution in [2.45, 2.75) is 6.92 Å². The first-order valence-electron chi connectivity index (χ1n) is 6.72. The van der Waals surface area contributed by atoms with Crippen molar-refractivity contribution < 1.29 is 4.39 Å². The summed E-state index contributed by atoms with van der Waals surface area (Å²) < 4.78 is 15.5. The number of nitrogen functional groups attached to an aromatic ring is 1. The van der Waals surface area contributed by atoms with Gasteiger partial charge in [0.2, 0.25) is 0 Å². The third-order valence-corrected chi connectivity index (χ3v) is 3.60. The number of hydrogen-bond acceptors (Lipinski definition) is 2. The highest BCUT2D eigenvalue weighted by Crippen LogP contribution is 2.36. The van der Waals surface area contributed by atoms with Crippen LogP contribution in [0.15, 0.2) is 48.5 Å². The summed E-state index contributed by atoms with van der Waals surface area (Å²) in [5, 5.41) is 4.45. The van der Waals surface area contributed by atoms with Crippen LogP contribution in [-0.4, -0.2) is 9.78 Å². The van der Waals surface area contributed by atoms with Crippen molar-refractivity contribution in [2.75, 3.05) is 5.73 Å². The van der Waals surface area contributed by atoms with Crippen LogP contribution in [0.3, 0.4) is 0 Å². The van der Waals surface area contributed by atoms with E-state index in [0.29, 0.717) is 17.1 Å². The van der Waals surface area contributed by atoms with Gasteiger partial charge >= 0.3 is 0 Å². The Morgan fingerprint density at radius 3 is 2.43 bits per heavy atom. The van der Waals surface area contributed by atoms with E-state index >= 15 is 0 Å². The van der Waals surface area contributed by atoms with Gasteiger partial charge in [-0.15, -0.1) is 0 Å². The minimum atomic E-state index is -0.240. The Morgan fingerprint density at radius 1 is 1.05 bits per heavy atom. The molecule has 1 aromatic heterocycles. The Labute approximate surface area is 122 Å². The summed E-state index contributed by atoms with van der Waals surface area (Å²) in [5.74, 6) is 0.327. The van der Waals surface area contributed by atoms with Crippen molar-refractivity contribution >= 4 is 5.82 Å². The molecule has 0 spiro atoms. The first-order chi connectivity index (χ1) is 10.1. The van der Waals surface area contributed by atoms with Crippen LogP contribution >= 0.6 is 0 Å². The van der Waals surface area contributed by atoms with E-state index in [1.54, 1.807) is 24.7 Å².